The monoisotopic (exact) mass is 345 g/mol. The van der Waals surface area contributed by atoms with Crippen LogP contribution in [0.4, 0.5) is 5.69 Å². The molecule has 11 heteroatoms. The molecule has 0 spiro atoms. The van der Waals surface area contributed by atoms with Crippen LogP contribution in [-0.4, -0.2) is 55.4 Å². The summed E-state index contributed by atoms with van der Waals surface area (Å²) in [5, 5.41) is 19.4. The van der Waals surface area contributed by atoms with Crippen molar-refractivity contribution in [2.75, 3.05) is 20.1 Å². The van der Waals surface area contributed by atoms with Crippen LogP contribution >= 0.6 is 0 Å². The average molecular weight is 345 g/mol. The molecule has 0 fully saturated rings. The lowest BCUT2D eigenvalue weighted by atomic mass is 10.3. The molecule has 0 aromatic heterocycles. The fourth-order valence-electron chi connectivity index (χ4n) is 1.59. The average Bonchev–Trinajstić information content (AvgIpc) is 2.50. The van der Waals surface area contributed by atoms with Crippen molar-refractivity contribution >= 4 is 27.6 Å². The molecule has 0 saturated carbocycles. The molecule has 0 saturated heterocycles. The summed E-state index contributed by atoms with van der Waals surface area (Å²) in [7, 11) is -2.93. The van der Waals surface area contributed by atoms with Gasteiger partial charge in [-0.3, -0.25) is 19.7 Å². The summed E-state index contributed by atoms with van der Waals surface area (Å²) >= 11 is 0. The number of nitrogens with one attached hydrogen (secondary N) is 1. The summed E-state index contributed by atoms with van der Waals surface area (Å²) in [4.78, 5) is 32.7. The highest BCUT2D eigenvalue weighted by molar-refractivity contribution is 7.89. The van der Waals surface area contributed by atoms with E-state index in [0.29, 0.717) is 0 Å². The molecule has 0 heterocycles. The maximum atomic E-state index is 12.1. The molecule has 0 radical (unpaired) electrons. The summed E-state index contributed by atoms with van der Waals surface area (Å²) in [6, 6.07) is 4.73. The lowest BCUT2D eigenvalue weighted by Crippen LogP contribution is -2.39. The van der Waals surface area contributed by atoms with Crippen molar-refractivity contribution in [3.63, 3.8) is 0 Å². The van der Waals surface area contributed by atoms with Gasteiger partial charge in [-0.1, -0.05) is 12.1 Å². The van der Waals surface area contributed by atoms with E-state index in [0.717, 1.165) is 17.0 Å². The van der Waals surface area contributed by atoms with E-state index >= 15 is 0 Å². The van der Waals surface area contributed by atoms with Crippen molar-refractivity contribution in [2.45, 2.75) is 11.3 Å². The van der Waals surface area contributed by atoms with Gasteiger partial charge in [0, 0.05) is 19.7 Å². The fraction of sp³-hybridized carbons (Fsp3) is 0.333. The summed E-state index contributed by atoms with van der Waals surface area (Å²) < 4.78 is 26.1. The molecule has 0 atom stereocenters. The van der Waals surface area contributed by atoms with E-state index in [4.69, 9.17) is 5.11 Å². The number of nitro benzene ring substituents is 1. The maximum Gasteiger partial charge on any atom is 0.305 e. The van der Waals surface area contributed by atoms with E-state index in [1.807, 2.05) is 4.72 Å². The first kappa shape index (κ1) is 18.5. The number of aliphatic carboxylic acids is 1. The number of carbonyl (C=O) groups is 2. The Morgan fingerprint density at radius 2 is 1.96 bits per heavy atom. The second-order valence-electron chi connectivity index (χ2n) is 4.51. The van der Waals surface area contributed by atoms with Gasteiger partial charge in [0.25, 0.3) is 5.69 Å². The number of sulfonamides is 1. The molecule has 2 N–H and O–H groups in total. The molecule has 0 bridgehead atoms. The highest BCUT2D eigenvalue weighted by Crippen LogP contribution is 2.22. The van der Waals surface area contributed by atoms with Crippen LogP contribution in [0.3, 0.4) is 0 Å². The van der Waals surface area contributed by atoms with Gasteiger partial charge in [0.2, 0.25) is 15.9 Å². The summed E-state index contributed by atoms with van der Waals surface area (Å²) in [5.74, 6) is -1.75. The number of amides is 1. The summed E-state index contributed by atoms with van der Waals surface area (Å²) in [5.41, 5.74) is -0.605. The van der Waals surface area contributed by atoms with Crippen LogP contribution < -0.4 is 4.72 Å². The largest absolute Gasteiger partial charge is 0.481 e. The number of nitro groups is 1. The van der Waals surface area contributed by atoms with Crippen LogP contribution in [-0.2, 0) is 19.6 Å². The molecule has 1 amide bonds. The number of hydrogen-bond acceptors (Lipinski definition) is 6. The second kappa shape index (κ2) is 7.65. The van der Waals surface area contributed by atoms with Crippen molar-refractivity contribution < 1.29 is 28.0 Å². The van der Waals surface area contributed by atoms with Gasteiger partial charge in [-0.25, -0.2) is 13.1 Å². The Morgan fingerprint density at radius 3 is 2.52 bits per heavy atom. The normalized spacial score (nSPS) is 11.0. The van der Waals surface area contributed by atoms with Gasteiger partial charge in [0.15, 0.2) is 4.90 Å². The Balaban J connectivity index is 2.79. The predicted octanol–water partition coefficient (Wildman–Crippen LogP) is -0.194. The zero-order valence-electron chi connectivity index (χ0n) is 12.1. The van der Waals surface area contributed by atoms with Gasteiger partial charge < -0.3 is 10.0 Å². The Hall–Kier alpha value is -2.53. The highest BCUT2D eigenvalue weighted by Gasteiger charge is 2.25. The Morgan fingerprint density at radius 1 is 1.35 bits per heavy atom. The third kappa shape index (κ3) is 5.30. The van der Waals surface area contributed by atoms with E-state index < -0.39 is 44.0 Å². The third-order valence-electron chi connectivity index (χ3n) is 2.85. The Bertz CT molecular complexity index is 717. The van der Waals surface area contributed by atoms with Crippen molar-refractivity contribution in [2.24, 2.45) is 0 Å². The molecule has 10 nitrogen and oxygen atoms in total. The van der Waals surface area contributed by atoms with Crippen LogP contribution in [0.25, 0.3) is 0 Å². The molecular weight excluding hydrogens is 330 g/mol. The maximum absolute atomic E-state index is 12.1. The minimum atomic E-state index is -4.25. The van der Waals surface area contributed by atoms with Gasteiger partial charge in [0.1, 0.15) is 0 Å². The van der Waals surface area contributed by atoms with E-state index in [-0.39, 0.29) is 13.0 Å². The molecule has 1 aromatic rings. The SMILES string of the molecule is CN(CCC(=O)O)C(=O)CNS(=O)(=O)c1ccccc1[N+](=O)[O-]. The Kier molecular flexibility index (Phi) is 6.16. The number of carboxylic acid groups (broad SMARTS) is 1. The molecule has 0 aliphatic heterocycles. The fourth-order valence-corrected chi connectivity index (χ4v) is 2.74. The smallest absolute Gasteiger partial charge is 0.305 e. The number of para-hydroxylation sites is 1. The molecule has 1 rings (SSSR count). The van der Waals surface area contributed by atoms with Gasteiger partial charge in [0.05, 0.1) is 17.9 Å². The standard InChI is InChI=1S/C12H15N3O7S/c1-14(7-6-12(17)18)11(16)8-13-23(21,22)10-5-3-2-4-9(10)15(19)20/h2-5,13H,6-8H2,1H3,(H,17,18). The number of rotatable bonds is 8. The van der Waals surface area contributed by atoms with Crippen molar-refractivity contribution in [1.82, 2.24) is 9.62 Å². The molecule has 0 aliphatic rings. The highest BCUT2D eigenvalue weighted by atomic mass is 32.2. The first-order valence-corrected chi connectivity index (χ1v) is 7.82. The second-order valence-corrected chi connectivity index (χ2v) is 6.24. The first-order valence-electron chi connectivity index (χ1n) is 6.34. The summed E-state index contributed by atoms with van der Waals surface area (Å²) in [6.07, 6.45) is -0.279. The number of likely N-dealkylation sites (N-methyl/N-ethyl adjacent to an activating group) is 1. The van der Waals surface area contributed by atoms with Crippen molar-refractivity contribution in [3.8, 4) is 0 Å². The van der Waals surface area contributed by atoms with Gasteiger partial charge in [-0.2, -0.15) is 0 Å². The predicted molar refractivity (Wildman–Crippen MR) is 78.2 cm³/mol. The van der Waals surface area contributed by atoms with E-state index in [1.165, 1.54) is 19.2 Å². The quantitative estimate of drug-likeness (QED) is 0.490. The van der Waals surface area contributed by atoms with Crippen LogP contribution in [0.2, 0.25) is 0 Å². The summed E-state index contributed by atoms with van der Waals surface area (Å²) in [6.45, 7) is -0.716. The minimum absolute atomic E-state index is 0.0820. The number of nitrogens with zero attached hydrogens (tertiary/aromatic N) is 2. The van der Waals surface area contributed by atoms with Gasteiger partial charge in [-0.05, 0) is 6.07 Å². The van der Waals surface area contributed by atoms with Crippen molar-refractivity contribution in [1.29, 1.82) is 0 Å². The van der Waals surface area contributed by atoms with E-state index in [1.54, 1.807) is 0 Å². The number of benzene rings is 1. The van der Waals surface area contributed by atoms with Crippen LogP contribution in [0, 0.1) is 10.1 Å². The molecule has 0 aliphatic carbocycles. The van der Waals surface area contributed by atoms with Crippen LogP contribution in [0.5, 0.6) is 0 Å². The zero-order chi connectivity index (χ0) is 17.6. The minimum Gasteiger partial charge on any atom is -0.481 e. The molecule has 1 aromatic carbocycles. The van der Waals surface area contributed by atoms with Crippen LogP contribution in [0.15, 0.2) is 29.2 Å². The zero-order valence-corrected chi connectivity index (χ0v) is 12.9. The topological polar surface area (TPSA) is 147 Å². The van der Waals surface area contributed by atoms with Crippen molar-refractivity contribution in [3.05, 3.63) is 34.4 Å². The number of hydrogen-bond donors (Lipinski definition) is 2. The van der Waals surface area contributed by atoms with Gasteiger partial charge in [-0.15, -0.1) is 0 Å². The molecule has 126 valence electrons. The number of carboxylic acids is 1. The lowest BCUT2D eigenvalue weighted by molar-refractivity contribution is -0.387. The van der Waals surface area contributed by atoms with E-state index in [9.17, 15) is 28.1 Å². The number of carbonyl (C=O) groups excluding carboxylic acids is 1. The van der Waals surface area contributed by atoms with E-state index in [2.05, 4.69) is 0 Å². The Labute approximate surface area is 131 Å². The first-order chi connectivity index (χ1) is 10.6. The molecular formula is C12H15N3O7S. The van der Waals surface area contributed by atoms with Gasteiger partial charge >= 0.3 is 5.97 Å². The molecule has 23 heavy (non-hydrogen) atoms. The van der Waals surface area contributed by atoms with Crippen LogP contribution in [0.1, 0.15) is 6.42 Å². The molecule has 0 unspecified atom stereocenters. The third-order valence-corrected chi connectivity index (χ3v) is 4.30. The lowest BCUT2D eigenvalue weighted by Gasteiger charge is -2.16.